The van der Waals surface area contributed by atoms with Crippen LogP contribution >= 0.6 is 23.2 Å². The standard InChI is InChI=1S/C26H26Cl2N2O2/c1-18(26(32)29-2)30(17-19-13-14-23(27)24(28)15-19)25(31)16-22(20-9-5-3-6-10-20)21-11-7-4-8-12-21/h3-15,18,22H,16-17H2,1-2H3,(H,29,32). The zero-order valence-electron chi connectivity index (χ0n) is 18.1. The van der Waals surface area contributed by atoms with Crippen molar-refractivity contribution < 1.29 is 9.59 Å². The molecule has 0 heterocycles. The van der Waals surface area contributed by atoms with E-state index in [-0.39, 0.29) is 30.7 Å². The van der Waals surface area contributed by atoms with Gasteiger partial charge in [0.25, 0.3) is 0 Å². The lowest BCUT2D eigenvalue weighted by molar-refractivity contribution is -0.140. The number of carbonyl (C=O) groups is 2. The molecule has 0 aliphatic heterocycles. The molecule has 0 fully saturated rings. The van der Waals surface area contributed by atoms with Gasteiger partial charge < -0.3 is 10.2 Å². The van der Waals surface area contributed by atoms with Crippen LogP contribution < -0.4 is 5.32 Å². The highest BCUT2D eigenvalue weighted by Gasteiger charge is 2.28. The first-order valence-corrected chi connectivity index (χ1v) is 11.2. The number of rotatable bonds is 8. The highest BCUT2D eigenvalue weighted by molar-refractivity contribution is 6.42. The van der Waals surface area contributed by atoms with E-state index in [0.717, 1.165) is 16.7 Å². The zero-order valence-corrected chi connectivity index (χ0v) is 19.6. The number of carbonyl (C=O) groups excluding carboxylic acids is 2. The fraction of sp³-hybridized carbons (Fsp3) is 0.231. The van der Waals surface area contributed by atoms with Crippen molar-refractivity contribution in [3.63, 3.8) is 0 Å². The molecule has 1 N–H and O–H groups in total. The number of halogens is 2. The summed E-state index contributed by atoms with van der Waals surface area (Å²) in [4.78, 5) is 27.6. The average Bonchev–Trinajstić information content (AvgIpc) is 2.83. The Kier molecular flexibility index (Phi) is 8.32. The summed E-state index contributed by atoms with van der Waals surface area (Å²) in [6.45, 7) is 1.98. The second-order valence-corrected chi connectivity index (χ2v) is 8.45. The van der Waals surface area contributed by atoms with Gasteiger partial charge in [0.15, 0.2) is 0 Å². The summed E-state index contributed by atoms with van der Waals surface area (Å²) in [5.74, 6) is -0.475. The Balaban J connectivity index is 1.92. The molecule has 6 heteroatoms. The summed E-state index contributed by atoms with van der Waals surface area (Å²) < 4.78 is 0. The van der Waals surface area contributed by atoms with Gasteiger partial charge in [0.05, 0.1) is 10.0 Å². The maximum Gasteiger partial charge on any atom is 0.242 e. The van der Waals surface area contributed by atoms with E-state index in [0.29, 0.717) is 10.0 Å². The predicted octanol–water partition coefficient (Wildman–Crippen LogP) is 5.68. The summed E-state index contributed by atoms with van der Waals surface area (Å²) in [5.41, 5.74) is 2.91. The van der Waals surface area contributed by atoms with E-state index in [9.17, 15) is 9.59 Å². The SMILES string of the molecule is CNC(=O)C(C)N(Cc1ccc(Cl)c(Cl)c1)C(=O)CC(c1ccccc1)c1ccccc1. The summed E-state index contributed by atoms with van der Waals surface area (Å²) in [6.07, 6.45) is 0.233. The number of likely N-dealkylation sites (N-methyl/N-ethyl adjacent to an activating group) is 1. The summed E-state index contributed by atoms with van der Waals surface area (Å²) in [5, 5.41) is 3.50. The normalized spacial score (nSPS) is 11.8. The summed E-state index contributed by atoms with van der Waals surface area (Å²) in [7, 11) is 1.57. The summed E-state index contributed by atoms with van der Waals surface area (Å²) in [6, 6.07) is 24.5. The Morgan fingerprint density at radius 1 is 0.875 bits per heavy atom. The molecule has 1 unspecified atom stereocenters. The molecule has 166 valence electrons. The van der Waals surface area contributed by atoms with Gasteiger partial charge in [-0.1, -0.05) is 89.9 Å². The van der Waals surface area contributed by atoms with Crippen LogP contribution in [0.4, 0.5) is 0 Å². The molecule has 1 atom stereocenters. The van der Waals surface area contributed by atoms with Crippen molar-refractivity contribution in [2.24, 2.45) is 0 Å². The summed E-state index contributed by atoms with van der Waals surface area (Å²) >= 11 is 12.2. The van der Waals surface area contributed by atoms with Crippen molar-refractivity contribution in [3.8, 4) is 0 Å². The number of benzene rings is 3. The lowest BCUT2D eigenvalue weighted by Gasteiger charge is -2.30. The first kappa shape index (κ1) is 23.8. The third-order valence-electron chi connectivity index (χ3n) is 5.53. The van der Waals surface area contributed by atoms with Crippen molar-refractivity contribution in [1.29, 1.82) is 0 Å². The minimum atomic E-state index is -0.644. The Morgan fingerprint density at radius 2 is 1.44 bits per heavy atom. The van der Waals surface area contributed by atoms with Crippen LogP contribution in [-0.4, -0.2) is 29.8 Å². The van der Waals surface area contributed by atoms with Crippen LogP contribution in [0, 0.1) is 0 Å². The average molecular weight is 469 g/mol. The second-order valence-electron chi connectivity index (χ2n) is 7.64. The van der Waals surface area contributed by atoms with E-state index in [2.05, 4.69) is 5.32 Å². The molecule has 0 radical (unpaired) electrons. The Hall–Kier alpha value is -2.82. The molecular formula is C26H26Cl2N2O2. The maximum atomic E-state index is 13.6. The van der Waals surface area contributed by atoms with Crippen LogP contribution in [0.1, 0.15) is 36.0 Å². The van der Waals surface area contributed by atoms with E-state index >= 15 is 0 Å². The van der Waals surface area contributed by atoms with Crippen LogP contribution in [-0.2, 0) is 16.1 Å². The molecule has 32 heavy (non-hydrogen) atoms. The minimum Gasteiger partial charge on any atom is -0.357 e. The van der Waals surface area contributed by atoms with Crippen molar-refractivity contribution >= 4 is 35.0 Å². The Labute approximate surface area is 199 Å². The van der Waals surface area contributed by atoms with Gasteiger partial charge in [-0.25, -0.2) is 0 Å². The van der Waals surface area contributed by atoms with Gasteiger partial charge in [0.1, 0.15) is 6.04 Å². The molecule has 0 aromatic heterocycles. The third kappa shape index (κ3) is 5.90. The zero-order chi connectivity index (χ0) is 23.1. The molecule has 0 spiro atoms. The van der Waals surface area contributed by atoms with E-state index in [4.69, 9.17) is 23.2 Å². The number of amides is 2. The van der Waals surface area contributed by atoms with E-state index in [1.165, 1.54) is 0 Å². The van der Waals surface area contributed by atoms with Crippen LogP contribution in [0.15, 0.2) is 78.9 Å². The van der Waals surface area contributed by atoms with E-state index in [1.54, 1.807) is 31.0 Å². The lowest BCUT2D eigenvalue weighted by Crippen LogP contribution is -2.47. The fourth-order valence-corrected chi connectivity index (χ4v) is 4.04. The van der Waals surface area contributed by atoms with Crippen LogP contribution in [0.3, 0.4) is 0 Å². The molecule has 3 aromatic carbocycles. The molecule has 2 amide bonds. The number of nitrogens with one attached hydrogen (secondary N) is 1. The van der Waals surface area contributed by atoms with E-state index < -0.39 is 6.04 Å². The van der Waals surface area contributed by atoms with Crippen molar-refractivity contribution in [1.82, 2.24) is 10.2 Å². The van der Waals surface area contributed by atoms with Crippen LogP contribution in [0.25, 0.3) is 0 Å². The first-order chi connectivity index (χ1) is 15.4. The number of hydrogen-bond donors (Lipinski definition) is 1. The minimum absolute atomic E-state index is 0.120. The molecule has 3 rings (SSSR count). The van der Waals surface area contributed by atoms with Gasteiger partial charge in [-0.15, -0.1) is 0 Å². The van der Waals surface area contributed by atoms with E-state index in [1.807, 2.05) is 66.7 Å². The largest absolute Gasteiger partial charge is 0.357 e. The van der Waals surface area contributed by atoms with Gasteiger partial charge >= 0.3 is 0 Å². The first-order valence-electron chi connectivity index (χ1n) is 10.5. The van der Waals surface area contributed by atoms with Crippen LogP contribution in [0.2, 0.25) is 10.0 Å². The van der Waals surface area contributed by atoms with Gasteiger partial charge in [-0.3, -0.25) is 9.59 Å². The molecule has 0 bridgehead atoms. The predicted molar refractivity (Wildman–Crippen MR) is 130 cm³/mol. The molecule has 4 nitrogen and oxygen atoms in total. The number of nitrogens with zero attached hydrogens (tertiary/aromatic N) is 1. The molecule has 0 aliphatic carbocycles. The monoisotopic (exact) mass is 468 g/mol. The lowest BCUT2D eigenvalue weighted by atomic mass is 9.88. The maximum absolute atomic E-state index is 13.6. The van der Waals surface area contributed by atoms with Gasteiger partial charge in [-0.05, 0) is 35.7 Å². The Bertz CT molecular complexity index is 1020. The van der Waals surface area contributed by atoms with Gasteiger partial charge in [-0.2, -0.15) is 0 Å². The Morgan fingerprint density at radius 3 is 1.94 bits per heavy atom. The number of hydrogen-bond acceptors (Lipinski definition) is 2. The smallest absolute Gasteiger partial charge is 0.242 e. The third-order valence-corrected chi connectivity index (χ3v) is 6.27. The molecule has 3 aromatic rings. The molecular weight excluding hydrogens is 443 g/mol. The highest BCUT2D eigenvalue weighted by atomic mass is 35.5. The molecule has 0 aliphatic rings. The van der Waals surface area contributed by atoms with Gasteiger partial charge in [0, 0.05) is 25.9 Å². The molecule has 0 saturated heterocycles. The van der Waals surface area contributed by atoms with Crippen molar-refractivity contribution in [2.45, 2.75) is 31.8 Å². The molecule has 0 saturated carbocycles. The topological polar surface area (TPSA) is 49.4 Å². The van der Waals surface area contributed by atoms with Crippen molar-refractivity contribution in [3.05, 3.63) is 106 Å². The quantitative estimate of drug-likeness (QED) is 0.462. The second kappa shape index (κ2) is 11.2. The van der Waals surface area contributed by atoms with Crippen LogP contribution in [0.5, 0.6) is 0 Å². The van der Waals surface area contributed by atoms with Gasteiger partial charge in [0.2, 0.25) is 11.8 Å². The highest BCUT2D eigenvalue weighted by Crippen LogP contribution is 2.30. The van der Waals surface area contributed by atoms with Crippen molar-refractivity contribution in [2.75, 3.05) is 7.05 Å². The fourth-order valence-electron chi connectivity index (χ4n) is 3.72.